The number of halogens is 2. The van der Waals surface area contributed by atoms with E-state index in [0.717, 1.165) is 0 Å². The number of ether oxygens (including phenoxy) is 2. The molecule has 0 unspecified atom stereocenters. The van der Waals surface area contributed by atoms with Gasteiger partial charge in [0.15, 0.2) is 0 Å². The average Bonchev–Trinajstić information content (AvgIpc) is 2.57. The summed E-state index contributed by atoms with van der Waals surface area (Å²) in [6.45, 7) is 4.43. The average molecular weight is 462 g/mol. The SMILES string of the molecule is Br.Br.CCOC(=O)c1ccccc1.CCOC(=O)c1ccccc1. The number of hydrogen-bond donors (Lipinski definition) is 0. The van der Waals surface area contributed by atoms with Crippen molar-refractivity contribution in [2.24, 2.45) is 0 Å². The molecule has 24 heavy (non-hydrogen) atoms. The minimum atomic E-state index is -0.256. The molecule has 4 nitrogen and oxygen atoms in total. The summed E-state index contributed by atoms with van der Waals surface area (Å²) < 4.78 is 9.58. The monoisotopic (exact) mass is 460 g/mol. The van der Waals surface area contributed by atoms with Crippen LogP contribution in [0.1, 0.15) is 34.6 Å². The zero-order valence-corrected chi connectivity index (χ0v) is 17.1. The van der Waals surface area contributed by atoms with E-state index in [2.05, 4.69) is 0 Å². The van der Waals surface area contributed by atoms with Crippen LogP contribution in [0, 0.1) is 0 Å². The highest BCUT2D eigenvalue weighted by molar-refractivity contribution is 8.93. The van der Waals surface area contributed by atoms with Gasteiger partial charge in [-0.25, -0.2) is 9.59 Å². The fourth-order valence-corrected chi connectivity index (χ4v) is 1.58. The van der Waals surface area contributed by atoms with Crippen LogP contribution < -0.4 is 0 Å². The minimum Gasteiger partial charge on any atom is -0.462 e. The molecule has 0 aromatic heterocycles. The van der Waals surface area contributed by atoms with Crippen LogP contribution in [0.5, 0.6) is 0 Å². The molecule has 0 spiro atoms. The molecule has 0 radical (unpaired) electrons. The third-order valence-corrected chi connectivity index (χ3v) is 2.57. The normalized spacial score (nSPS) is 8.42. The lowest BCUT2D eigenvalue weighted by atomic mass is 10.2. The van der Waals surface area contributed by atoms with Crippen molar-refractivity contribution in [2.45, 2.75) is 13.8 Å². The van der Waals surface area contributed by atoms with Crippen molar-refractivity contribution < 1.29 is 19.1 Å². The standard InChI is InChI=1S/2C9H10O2.2BrH/c2*1-2-11-9(10)8-6-4-3-5-7-8;;/h2*3-7H,2H2,1H3;2*1H. The van der Waals surface area contributed by atoms with Crippen LogP contribution in [0.25, 0.3) is 0 Å². The van der Waals surface area contributed by atoms with Gasteiger partial charge in [0.1, 0.15) is 0 Å². The smallest absolute Gasteiger partial charge is 0.338 e. The van der Waals surface area contributed by atoms with E-state index < -0.39 is 0 Å². The van der Waals surface area contributed by atoms with Crippen LogP contribution in [-0.2, 0) is 9.47 Å². The van der Waals surface area contributed by atoms with Crippen molar-refractivity contribution in [1.29, 1.82) is 0 Å². The fourth-order valence-electron chi connectivity index (χ4n) is 1.58. The van der Waals surface area contributed by atoms with Crippen LogP contribution in [0.4, 0.5) is 0 Å². The molecule has 2 aromatic carbocycles. The van der Waals surface area contributed by atoms with E-state index >= 15 is 0 Å². The summed E-state index contributed by atoms with van der Waals surface area (Å²) in [5, 5.41) is 0. The summed E-state index contributed by atoms with van der Waals surface area (Å²) in [5.74, 6) is -0.513. The van der Waals surface area contributed by atoms with Crippen LogP contribution in [0.3, 0.4) is 0 Å². The predicted octanol–water partition coefficient (Wildman–Crippen LogP) is 4.88. The first-order valence-corrected chi connectivity index (χ1v) is 7.13. The topological polar surface area (TPSA) is 52.6 Å². The van der Waals surface area contributed by atoms with E-state index in [4.69, 9.17) is 9.47 Å². The molecule has 2 aromatic rings. The maximum absolute atomic E-state index is 11.0. The highest BCUT2D eigenvalue weighted by atomic mass is 79.9. The van der Waals surface area contributed by atoms with Gasteiger partial charge in [0.25, 0.3) is 0 Å². The van der Waals surface area contributed by atoms with Gasteiger partial charge in [-0.05, 0) is 38.1 Å². The second kappa shape index (κ2) is 14.9. The number of carbonyl (C=O) groups is 2. The first-order chi connectivity index (χ1) is 10.7. The summed E-state index contributed by atoms with van der Waals surface area (Å²) in [7, 11) is 0. The molecule has 0 heterocycles. The molecule has 0 bridgehead atoms. The van der Waals surface area contributed by atoms with Crippen molar-refractivity contribution in [2.75, 3.05) is 13.2 Å². The highest BCUT2D eigenvalue weighted by Crippen LogP contribution is 2.00. The number of rotatable bonds is 4. The first-order valence-electron chi connectivity index (χ1n) is 7.13. The van der Waals surface area contributed by atoms with Gasteiger partial charge in [0.05, 0.1) is 24.3 Å². The van der Waals surface area contributed by atoms with E-state index in [1.165, 1.54) is 0 Å². The Morgan fingerprint density at radius 2 is 0.958 bits per heavy atom. The molecule has 0 N–H and O–H groups in total. The lowest BCUT2D eigenvalue weighted by Crippen LogP contribution is -2.03. The molecule has 132 valence electrons. The van der Waals surface area contributed by atoms with Gasteiger partial charge in [-0.3, -0.25) is 0 Å². The summed E-state index contributed by atoms with van der Waals surface area (Å²) in [6.07, 6.45) is 0. The van der Waals surface area contributed by atoms with Crippen molar-refractivity contribution in [3.05, 3.63) is 71.8 Å². The molecule has 0 aliphatic rings. The fraction of sp³-hybridized carbons (Fsp3) is 0.222. The lowest BCUT2D eigenvalue weighted by molar-refractivity contribution is 0.0517. The molecular formula is C18H22Br2O4. The Morgan fingerprint density at radius 1 is 0.667 bits per heavy atom. The first kappa shape index (κ1) is 24.6. The van der Waals surface area contributed by atoms with Gasteiger partial charge in [0, 0.05) is 0 Å². The zero-order valence-electron chi connectivity index (χ0n) is 13.6. The lowest BCUT2D eigenvalue weighted by Gasteiger charge is -1.99. The number of hydrogen-bond acceptors (Lipinski definition) is 4. The van der Waals surface area contributed by atoms with Crippen LogP contribution in [-0.4, -0.2) is 25.2 Å². The Bertz CT molecular complexity index is 521. The molecule has 0 saturated heterocycles. The Morgan fingerprint density at radius 3 is 1.21 bits per heavy atom. The number of carbonyl (C=O) groups excluding carboxylic acids is 2. The maximum Gasteiger partial charge on any atom is 0.338 e. The molecule has 6 heteroatoms. The summed E-state index contributed by atoms with van der Waals surface area (Å²) in [4.78, 5) is 22.0. The third-order valence-electron chi connectivity index (χ3n) is 2.57. The number of esters is 2. The van der Waals surface area contributed by atoms with E-state index in [9.17, 15) is 9.59 Å². The maximum atomic E-state index is 11.0. The van der Waals surface area contributed by atoms with Crippen molar-refractivity contribution in [3.8, 4) is 0 Å². The number of benzene rings is 2. The van der Waals surface area contributed by atoms with Gasteiger partial charge in [-0.15, -0.1) is 34.0 Å². The van der Waals surface area contributed by atoms with Gasteiger partial charge in [0.2, 0.25) is 0 Å². The third kappa shape index (κ3) is 9.47. The van der Waals surface area contributed by atoms with Crippen LogP contribution in [0.2, 0.25) is 0 Å². The summed E-state index contributed by atoms with van der Waals surface area (Å²) >= 11 is 0. The quantitative estimate of drug-likeness (QED) is 0.608. The van der Waals surface area contributed by atoms with E-state index in [0.29, 0.717) is 24.3 Å². The van der Waals surface area contributed by atoms with Crippen molar-refractivity contribution >= 4 is 45.9 Å². The van der Waals surface area contributed by atoms with Crippen LogP contribution >= 0.6 is 34.0 Å². The second-order valence-corrected chi connectivity index (χ2v) is 4.17. The van der Waals surface area contributed by atoms with Crippen LogP contribution in [0.15, 0.2) is 60.7 Å². The Hall–Kier alpha value is -1.66. The summed E-state index contributed by atoms with van der Waals surface area (Å²) in [6, 6.07) is 17.9. The van der Waals surface area contributed by atoms with Gasteiger partial charge in [-0.2, -0.15) is 0 Å². The molecule has 0 amide bonds. The second-order valence-electron chi connectivity index (χ2n) is 4.17. The molecule has 0 atom stereocenters. The minimum absolute atomic E-state index is 0. The molecule has 0 aliphatic carbocycles. The summed E-state index contributed by atoms with van der Waals surface area (Å²) in [5.41, 5.74) is 1.21. The zero-order chi connectivity index (χ0) is 16.2. The van der Waals surface area contributed by atoms with E-state index in [-0.39, 0.29) is 45.9 Å². The molecular weight excluding hydrogens is 440 g/mol. The Balaban J connectivity index is 0. The van der Waals surface area contributed by atoms with Gasteiger partial charge in [-0.1, -0.05) is 36.4 Å². The molecule has 0 fully saturated rings. The highest BCUT2D eigenvalue weighted by Gasteiger charge is 2.03. The molecule has 0 aliphatic heterocycles. The molecule has 0 saturated carbocycles. The van der Waals surface area contributed by atoms with E-state index in [1.807, 2.05) is 36.4 Å². The Labute approximate surface area is 163 Å². The van der Waals surface area contributed by atoms with Crippen molar-refractivity contribution in [3.63, 3.8) is 0 Å². The molecule has 2 rings (SSSR count). The predicted molar refractivity (Wildman–Crippen MR) is 105 cm³/mol. The Kier molecular flexibility index (Phi) is 15.3. The van der Waals surface area contributed by atoms with Crippen molar-refractivity contribution in [1.82, 2.24) is 0 Å². The van der Waals surface area contributed by atoms with Gasteiger partial charge >= 0.3 is 11.9 Å². The largest absolute Gasteiger partial charge is 0.462 e. The van der Waals surface area contributed by atoms with E-state index in [1.54, 1.807) is 38.1 Å². The van der Waals surface area contributed by atoms with Gasteiger partial charge < -0.3 is 9.47 Å².